The van der Waals surface area contributed by atoms with Gasteiger partial charge in [0.15, 0.2) is 11.2 Å². The number of nitrogens with one attached hydrogen (secondary N) is 1. The lowest BCUT2D eigenvalue weighted by molar-refractivity contribution is 0.313. The Bertz CT molecular complexity index is 1790. The van der Waals surface area contributed by atoms with Crippen LogP contribution in [0.25, 0.3) is 21.9 Å². The Kier molecular flexibility index (Phi) is 6.02. The first kappa shape index (κ1) is 23.8. The molecular weight excluding hydrogens is 512 g/mol. The average molecular weight is 535 g/mol. The quantitative estimate of drug-likeness (QED) is 0.365. The summed E-state index contributed by atoms with van der Waals surface area (Å²) in [7, 11) is -3.70. The van der Waals surface area contributed by atoms with E-state index in [1.54, 1.807) is 22.9 Å². The largest absolute Gasteiger partial charge is 0.308 e. The summed E-state index contributed by atoms with van der Waals surface area (Å²) in [5, 5.41) is 10.7. The summed E-state index contributed by atoms with van der Waals surface area (Å²) in [6.07, 6.45) is 1.04. The SMILES string of the molecule is O=c1[nH]c(C2CCN(S(=O)(=O)c3ccccc3Cl)CC2)nc2c1nnn2Cc1ccc2ccccc2c1. The smallest absolute Gasteiger partial charge is 0.281 e. The highest BCUT2D eigenvalue weighted by Gasteiger charge is 2.32. The van der Waals surface area contributed by atoms with E-state index in [1.165, 1.54) is 10.4 Å². The van der Waals surface area contributed by atoms with Crippen LogP contribution in [0.15, 0.2) is 76.4 Å². The molecule has 0 saturated carbocycles. The number of aromatic nitrogens is 5. The van der Waals surface area contributed by atoms with Crippen LogP contribution in [0.4, 0.5) is 0 Å². The summed E-state index contributed by atoms with van der Waals surface area (Å²) in [6.45, 7) is 1.02. The number of hydrogen-bond acceptors (Lipinski definition) is 6. The molecule has 6 rings (SSSR count). The molecule has 1 N–H and O–H groups in total. The van der Waals surface area contributed by atoms with Crippen LogP contribution in [0.2, 0.25) is 5.02 Å². The lowest BCUT2D eigenvalue weighted by Gasteiger charge is -2.30. The average Bonchev–Trinajstić information content (AvgIpc) is 3.32. The van der Waals surface area contributed by atoms with Gasteiger partial charge in [0.2, 0.25) is 10.0 Å². The normalized spacial score (nSPS) is 15.5. The molecule has 0 radical (unpaired) electrons. The molecule has 1 aliphatic rings. The van der Waals surface area contributed by atoms with Crippen molar-refractivity contribution in [1.82, 2.24) is 29.3 Å². The minimum absolute atomic E-state index is 0.0983. The fraction of sp³-hybridized carbons (Fsp3) is 0.231. The topological polar surface area (TPSA) is 114 Å². The van der Waals surface area contributed by atoms with E-state index in [2.05, 4.69) is 39.6 Å². The zero-order chi connectivity index (χ0) is 25.6. The Morgan fingerprint density at radius 3 is 2.49 bits per heavy atom. The molecule has 1 saturated heterocycles. The number of fused-ring (bicyclic) bond motifs is 2. The second-order valence-electron chi connectivity index (χ2n) is 9.16. The first-order chi connectivity index (χ1) is 17.9. The highest BCUT2D eigenvalue weighted by Crippen LogP contribution is 2.31. The maximum Gasteiger partial charge on any atom is 0.281 e. The summed E-state index contributed by atoms with van der Waals surface area (Å²) in [5.41, 5.74) is 1.27. The first-order valence-electron chi connectivity index (χ1n) is 12.0. The molecule has 1 aliphatic heterocycles. The van der Waals surface area contributed by atoms with Crippen LogP contribution in [-0.4, -0.2) is 50.8 Å². The van der Waals surface area contributed by atoms with Gasteiger partial charge in [-0.15, -0.1) is 5.10 Å². The highest BCUT2D eigenvalue weighted by atomic mass is 35.5. The Morgan fingerprint density at radius 1 is 0.973 bits per heavy atom. The fourth-order valence-electron chi connectivity index (χ4n) is 4.86. The third-order valence-electron chi connectivity index (χ3n) is 6.83. The molecule has 188 valence electrons. The van der Waals surface area contributed by atoms with Crippen molar-refractivity contribution in [2.45, 2.75) is 30.2 Å². The van der Waals surface area contributed by atoms with Gasteiger partial charge in [-0.3, -0.25) is 4.79 Å². The van der Waals surface area contributed by atoms with Crippen molar-refractivity contribution in [2.75, 3.05) is 13.1 Å². The third kappa shape index (κ3) is 4.41. The van der Waals surface area contributed by atoms with Gasteiger partial charge in [0, 0.05) is 19.0 Å². The maximum absolute atomic E-state index is 13.1. The minimum atomic E-state index is -3.70. The van der Waals surface area contributed by atoms with Crippen LogP contribution in [0.1, 0.15) is 30.1 Å². The molecule has 9 nitrogen and oxygen atoms in total. The Morgan fingerprint density at radius 2 is 1.70 bits per heavy atom. The van der Waals surface area contributed by atoms with Crippen molar-refractivity contribution >= 4 is 43.6 Å². The molecule has 0 aliphatic carbocycles. The van der Waals surface area contributed by atoms with E-state index < -0.39 is 10.0 Å². The molecular formula is C26H23ClN6O3S. The van der Waals surface area contributed by atoms with Crippen LogP contribution in [0, 0.1) is 0 Å². The van der Waals surface area contributed by atoms with Crippen LogP contribution in [-0.2, 0) is 16.6 Å². The van der Waals surface area contributed by atoms with Gasteiger partial charge in [0.05, 0.1) is 11.6 Å². The third-order valence-corrected chi connectivity index (χ3v) is 9.23. The van der Waals surface area contributed by atoms with Gasteiger partial charge in [0.1, 0.15) is 10.7 Å². The summed E-state index contributed by atoms with van der Waals surface area (Å²) in [6, 6.07) is 20.7. The van der Waals surface area contributed by atoms with Crippen molar-refractivity contribution in [2.24, 2.45) is 0 Å². The molecule has 3 heterocycles. The fourth-order valence-corrected chi connectivity index (χ4v) is 6.82. The van der Waals surface area contributed by atoms with Gasteiger partial charge in [-0.2, -0.15) is 4.31 Å². The summed E-state index contributed by atoms with van der Waals surface area (Å²) in [5.74, 6) is 0.424. The zero-order valence-electron chi connectivity index (χ0n) is 19.7. The van der Waals surface area contributed by atoms with Gasteiger partial charge < -0.3 is 4.98 Å². The molecule has 1 fully saturated rings. The Hall–Kier alpha value is -3.60. The van der Waals surface area contributed by atoms with E-state index in [-0.39, 0.29) is 26.9 Å². The number of sulfonamides is 1. The van der Waals surface area contributed by atoms with Crippen LogP contribution >= 0.6 is 11.6 Å². The van der Waals surface area contributed by atoms with E-state index in [0.717, 1.165) is 16.3 Å². The van der Waals surface area contributed by atoms with Gasteiger partial charge in [-0.05, 0) is 47.4 Å². The summed E-state index contributed by atoms with van der Waals surface area (Å²) >= 11 is 6.15. The molecule has 0 bridgehead atoms. The van der Waals surface area contributed by atoms with E-state index in [1.807, 2.05) is 18.2 Å². The van der Waals surface area contributed by atoms with Crippen LogP contribution in [0.3, 0.4) is 0 Å². The lowest BCUT2D eigenvalue weighted by atomic mass is 9.97. The molecule has 3 aromatic carbocycles. The summed E-state index contributed by atoms with van der Waals surface area (Å²) in [4.78, 5) is 20.5. The van der Waals surface area contributed by atoms with Crippen LogP contribution in [0.5, 0.6) is 0 Å². The van der Waals surface area contributed by atoms with Gasteiger partial charge in [-0.1, -0.05) is 65.3 Å². The van der Waals surface area contributed by atoms with E-state index in [4.69, 9.17) is 16.6 Å². The minimum Gasteiger partial charge on any atom is -0.308 e. The Labute approximate surface area is 217 Å². The first-order valence-corrected chi connectivity index (χ1v) is 13.8. The van der Waals surface area contributed by atoms with E-state index in [9.17, 15) is 13.2 Å². The predicted molar refractivity (Wildman–Crippen MR) is 141 cm³/mol. The number of rotatable bonds is 5. The number of piperidine rings is 1. The molecule has 5 aromatic rings. The van der Waals surface area contributed by atoms with Gasteiger partial charge in [-0.25, -0.2) is 18.1 Å². The van der Waals surface area contributed by atoms with Crippen molar-refractivity contribution in [3.63, 3.8) is 0 Å². The number of halogens is 1. The number of H-pyrrole nitrogens is 1. The number of benzene rings is 3. The second-order valence-corrected chi connectivity index (χ2v) is 11.5. The number of nitrogens with zero attached hydrogens (tertiary/aromatic N) is 5. The zero-order valence-corrected chi connectivity index (χ0v) is 21.3. The molecule has 0 unspecified atom stereocenters. The molecule has 2 aromatic heterocycles. The second kappa shape index (κ2) is 9.37. The van der Waals surface area contributed by atoms with Crippen molar-refractivity contribution < 1.29 is 8.42 Å². The molecule has 11 heteroatoms. The number of hydrogen-bond donors (Lipinski definition) is 1. The maximum atomic E-state index is 13.1. The molecule has 37 heavy (non-hydrogen) atoms. The van der Waals surface area contributed by atoms with Crippen LogP contribution < -0.4 is 5.56 Å². The summed E-state index contributed by atoms with van der Waals surface area (Å²) < 4.78 is 29.3. The standard InChI is InChI=1S/C26H23ClN6O3S/c27-21-7-3-4-8-22(21)37(35,36)32-13-11-19(12-14-32)24-28-25-23(26(34)29-24)30-31-33(25)16-17-9-10-18-5-1-2-6-20(18)15-17/h1-10,15,19H,11-14,16H2,(H,28,29,34). The highest BCUT2D eigenvalue weighted by molar-refractivity contribution is 7.89. The monoisotopic (exact) mass is 534 g/mol. The predicted octanol–water partition coefficient (Wildman–Crippen LogP) is 3.94. The molecule has 0 atom stereocenters. The number of aromatic amines is 1. The van der Waals surface area contributed by atoms with E-state index >= 15 is 0 Å². The van der Waals surface area contributed by atoms with Gasteiger partial charge in [0.25, 0.3) is 5.56 Å². The molecule has 0 spiro atoms. The van der Waals surface area contributed by atoms with Gasteiger partial charge >= 0.3 is 0 Å². The van der Waals surface area contributed by atoms with Crippen molar-refractivity contribution in [1.29, 1.82) is 0 Å². The van der Waals surface area contributed by atoms with E-state index in [0.29, 0.717) is 43.9 Å². The molecule has 0 amide bonds. The lowest BCUT2D eigenvalue weighted by Crippen LogP contribution is -2.38. The Balaban J connectivity index is 1.25. The van der Waals surface area contributed by atoms with Crippen molar-refractivity contribution in [3.05, 3.63) is 93.5 Å². The van der Waals surface area contributed by atoms with Crippen molar-refractivity contribution in [3.8, 4) is 0 Å².